The van der Waals surface area contributed by atoms with E-state index in [-0.39, 0.29) is 34.0 Å². The van der Waals surface area contributed by atoms with Crippen molar-refractivity contribution in [2.45, 2.75) is 111 Å². The molecule has 0 radical (unpaired) electrons. The molecule has 4 N–H and O–H groups in total. The highest BCUT2D eigenvalue weighted by atomic mass is 16.4. The van der Waals surface area contributed by atoms with E-state index in [1.54, 1.807) is 0 Å². The Morgan fingerprint density at radius 1 is 1.03 bits per heavy atom. The van der Waals surface area contributed by atoms with Crippen LogP contribution in [0.2, 0.25) is 0 Å². The van der Waals surface area contributed by atoms with Crippen molar-refractivity contribution in [3.63, 3.8) is 0 Å². The maximum absolute atomic E-state index is 12.8. The number of hydrogen-bond donors (Lipinski definition) is 4. The van der Waals surface area contributed by atoms with Gasteiger partial charge in [0.2, 0.25) is 0 Å². The van der Waals surface area contributed by atoms with Gasteiger partial charge < -0.3 is 25.2 Å². The molecular formula is C30H46O6. The minimum absolute atomic E-state index is 0.00395. The summed E-state index contributed by atoms with van der Waals surface area (Å²) < 4.78 is 0. The second-order valence-corrected chi connectivity index (χ2v) is 14.6. The molecule has 0 bridgehead atoms. The Bertz CT molecular complexity index is 1000. The van der Waals surface area contributed by atoms with Crippen LogP contribution in [0.5, 0.6) is 0 Å². The molecule has 36 heavy (non-hydrogen) atoms. The molecule has 0 spiro atoms. The molecular weight excluding hydrogens is 456 g/mol. The Kier molecular flexibility index (Phi) is 5.61. The Morgan fingerprint density at radius 3 is 2.31 bits per heavy atom. The Hall–Kier alpha value is -1.24. The molecule has 202 valence electrons. The number of aldehydes is 1. The quantitative estimate of drug-likeness (QED) is 0.330. The summed E-state index contributed by atoms with van der Waals surface area (Å²) in [4.78, 5) is 25.2. The molecule has 5 aliphatic rings. The SMILES string of the molecule is CC1CC[C@]2(C(=O)O)CC[C@]3(C)C(=CC[C@@H]4[C@@]5(C)CCC(O)[C@@](C)(C=O)[C@@H]5C(O)C[C@]43C)[C@@H]2[C@]1(C)O. The van der Waals surface area contributed by atoms with E-state index < -0.39 is 40.5 Å². The van der Waals surface area contributed by atoms with Crippen molar-refractivity contribution in [2.24, 2.45) is 50.7 Å². The molecule has 0 saturated heterocycles. The van der Waals surface area contributed by atoms with Crippen LogP contribution in [0.25, 0.3) is 0 Å². The van der Waals surface area contributed by atoms with E-state index in [0.29, 0.717) is 38.5 Å². The number of carbonyl (C=O) groups is 2. The molecule has 0 aromatic carbocycles. The van der Waals surface area contributed by atoms with Crippen LogP contribution in [0.15, 0.2) is 11.6 Å². The summed E-state index contributed by atoms with van der Waals surface area (Å²) in [5, 5.41) is 45.0. The van der Waals surface area contributed by atoms with Gasteiger partial charge in [-0.1, -0.05) is 46.3 Å². The zero-order chi connectivity index (χ0) is 26.7. The van der Waals surface area contributed by atoms with Crippen LogP contribution in [0.1, 0.15) is 92.9 Å². The molecule has 4 fully saturated rings. The lowest BCUT2D eigenvalue weighted by atomic mass is 9.32. The van der Waals surface area contributed by atoms with E-state index in [2.05, 4.69) is 26.8 Å². The lowest BCUT2D eigenvalue weighted by Crippen LogP contribution is -2.70. The second kappa shape index (κ2) is 7.66. The van der Waals surface area contributed by atoms with Gasteiger partial charge in [-0.2, -0.15) is 0 Å². The lowest BCUT2D eigenvalue weighted by Gasteiger charge is -2.72. The lowest BCUT2D eigenvalue weighted by molar-refractivity contribution is -0.243. The first-order chi connectivity index (χ1) is 16.6. The van der Waals surface area contributed by atoms with Crippen LogP contribution >= 0.6 is 0 Å². The van der Waals surface area contributed by atoms with Gasteiger partial charge in [-0.25, -0.2) is 0 Å². The van der Waals surface area contributed by atoms with Crippen LogP contribution in [-0.2, 0) is 9.59 Å². The van der Waals surface area contributed by atoms with E-state index in [0.717, 1.165) is 24.7 Å². The van der Waals surface area contributed by atoms with Crippen LogP contribution in [-0.4, -0.2) is 50.5 Å². The number of rotatable bonds is 2. The minimum atomic E-state index is -1.13. The molecule has 0 amide bonds. The van der Waals surface area contributed by atoms with Crippen molar-refractivity contribution in [2.75, 3.05) is 0 Å². The summed E-state index contributed by atoms with van der Waals surface area (Å²) in [6.45, 7) is 12.4. The normalized spacial score (nSPS) is 58.4. The summed E-state index contributed by atoms with van der Waals surface area (Å²) in [5.41, 5.74) is -3.04. The zero-order valence-electron chi connectivity index (χ0n) is 22.9. The van der Waals surface area contributed by atoms with Gasteiger partial charge in [0.15, 0.2) is 0 Å². The van der Waals surface area contributed by atoms with Crippen LogP contribution in [0.3, 0.4) is 0 Å². The Labute approximate surface area is 215 Å². The summed E-state index contributed by atoms with van der Waals surface area (Å²) in [6.07, 6.45) is 6.66. The minimum Gasteiger partial charge on any atom is -0.481 e. The van der Waals surface area contributed by atoms with E-state index in [4.69, 9.17) is 0 Å². The van der Waals surface area contributed by atoms with E-state index in [1.807, 2.05) is 20.8 Å². The molecule has 4 saturated carbocycles. The van der Waals surface area contributed by atoms with Crippen molar-refractivity contribution < 1.29 is 30.0 Å². The number of allylic oxidation sites excluding steroid dienone is 1. The van der Waals surface area contributed by atoms with Gasteiger partial charge in [-0.05, 0) is 86.4 Å². The number of aliphatic hydroxyl groups is 3. The van der Waals surface area contributed by atoms with Gasteiger partial charge in [0.1, 0.15) is 6.29 Å². The van der Waals surface area contributed by atoms with E-state index in [9.17, 15) is 30.0 Å². The first kappa shape index (κ1) is 26.4. The van der Waals surface area contributed by atoms with Crippen molar-refractivity contribution in [3.8, 4) is 0 Å². The Balaban J connectivity index is 1.67. The average molecular weight is 503 g/mol. The average Bonchev–Trinajstić information content (AvgIpc) is 2.79. The molecule has 0 heterocycles. The fourth-order valence-corrected chi connectivity index (χ4v) is 10.9. The van der Waals surface area contributed by atoms with Gasteiger partial charge in [0, 0.05) is 11.8 Å². The number of carboxylic acids is 1. The molecule has 0 aromatic heterocycles. The second-order valence-electron chi connectivity index (χ2n) is 14.6. The highest BCUT2D eigenvalue weighted by molar-refractivity contribution is 5.77. The molecule has 12 atom stereocenters. The molecule has 0 aromatic rings. The van der Waals surface area contributed by atoms with E-state index >= 15 is 0 Å². The van der Waals surface area contributed by atoms with Gasteiger partial charge in [0.25, 0.3) is 0 Å². The van der Waals surface area contributed by atoms with Crippen LogP contribution in [0, 0.1) is 50.7 Å². The first-order valence-corrected chi connectivity index (χ1v) is 14.0. The molecule has 5 rings (SSSR count). The fourth-order valence-electron chi connectivity index (χ4n) is 10.9. The van der Waals surface area contributed by atoms with Gasteiger partial charge in [-0.3, -0.25) is 4.79 Å². The third kappa shape index (κ3) is 2.85. The number of aliphatic hydroxyl groups excluding tert-OH is 2. The molecule has 3 unspecified atom stereocenters. The van der Waals surface area contributed by atoms with Gasteiger partial charge in [0.05, 0.1) is 28.6 Å². The number of fused-ring (bicyclic) bond motifs is 7. The smallest absolute Gasteiger partial charge is 0.310 e. The third-order valence-electron chi connectivity index (χ3n) is 13.3. The summed E-state index contributed by atoms with van der Waals surface area (Å²) in [6, 6.07) is 0. The molecule has 6 heteroatoms. The standard InChI is InChI=1S/C30H46O6/c1-17-9-12-30(24(34)35)14-13-27(4)18(22(30)29(17,6)36)7-8-20-25(2)11-10-21(33)26(3,16-31)23(25)19(32)15-28(20,27)5/h7,16-17,19-23,32-33,36H,8-15H2,1-6H3,(H,34,35)/t17?,19?,20-,21?,22-,23-,25-,26-,27-,28-,29-,30+/m1/s1. The number of carboxylic acid groups (broad SMARTS) is 1. The number of hydrogen-bond acceptors (Lipinski definition) is 5. The third-order valence-corrected chi connectivity index (χ3v) is 13.3. The molecule has 0 aliphatic heterocycles. The number of aliphatic carboxylic acids is 1. The highest BCUT2D eigenvalue weighted by Gasteiger charge is 2.73. The van der Waals surface area contributed by atoms with Crippen LogP contribution < -0.4 is 0 Å². The van der Waals surface area contributed by atoms with Crippen molar-refractivity contribution in [1.29, 1.82) is 0 Å². The van der Waals surface area contributed by atoms with Crippen LogP contribution in [0.4, 0.5) is 0 Å². The predicted octanol–water partition coefficient (Wildman–Crippen LogP) is 4.35. The maximum Gasteiger partial charge on any atom is 0.310 e. The van der Waals surface area contributed by atoms with Crippen molar-refractivity contribution in [3.05, 3.63) is 11.6 Å². The monoisotopic (exact) mass is 502 g/mol. The topological polar surface area (TPSA) is 115 Å². The van der Waals surface area contributed by atoms with Crippen molar-refractivity contribution >= 4 is 12.3 Å². The number of carbonyl (C=O) groups excluding carboxylic acids is 1. The zero-order valence-corrected chi connectivity index (χ0v) is 22.9. The van der Waals surface area contributed by atoms with E-state index in [1.165, 1.54) is 0 Å². The Morgan fingerprint density at radius 2 is 1.69 bits per heavy atom. The van der Waals surface area contributed by atoms with Gasteiger partial charge >= 0.3 is 5.97 Å². The summed E-state index contributed by atoms with van der Waals surface area (Å²) in [5.74, 6) is -1.41. The molecule has 6 nitrogen and oxygen atoms in total. The summed E-state index contributed by atoms with van der Waals surface area (Å²) in [7, 11) is 0. The largest absolute Gasteiger partial charge is 0.481 e. The first-order valence-electron chi connectivity index (χ1n) is 14.0. The molecule has 5 aliphatic carbocycles. The van der Waals surface area contributed by atoms with Crippen molar-refractivity contribution in [1.82, 2.24) is 0 Å². The fraction of sp³-hybridized carbons (Fsp3) is 0.867. The summed E-state index contributed by atoms with van der Waals surface area (Å²) >= 11 is 0. The predicted molar refractivity (Wildman–Crippen MR) is 136 cm³/mol. The highest BCUT2D eigenvalue weighted by Crippen LogP contribution is 2.75. The van der Waals surface area contributed by atoms with Gasteiger partial charge in [-0.15, -0.1) is 0 Å². The maximum atomic E-state index is 12.8.